The highest BCUT2D eigenvalue weighted by Crippen LogP contribution is 2.36. The van der Waals surface area contributed by atoms with Gasteiger partial charge in [0.2, 0.25) is 0 Å². The summed E-state index contributed by atoms with van der Waals surface area (Å²) in [5.41, 5.74) is 0.918. The lowest BCUT2D eigenvalue weighted by Crippen LogP contribution is -2.12. The Morgan fingerprint density at radius 2 is 2.00 bits per heavy atom. The highest BCUT2D eigenvalue weighted by Gasteiger charge is 2.26. The van der Waals surface area contributed by atoms with Crippen LogP contribution in [0.25, 0.3) is 0 Å². The number of ether oxygens (including phenoxy) is 2. The molecule has 120 valence electrons. The van der Waals surface area contributed by atoms with Gasteiger partial charge in [-0.1, -0.05) is 18.5 Å². The van der Waals surface area contributed by atoms with Crippen LogP contribution in [0.1, 0.15) is 25.3 Å². The largest absolute Gasteiger partial charge is 0.493 e. The van der Waals surface area contributed by atoms with Crippen LogP contribution in [0.3, 0.4) is 0 Å². The maximum Gasteiger partial charge on any atom is 0.389 e. The minimum absolute atomic E-state index is 0.0673. The molecule has 0 saturated carbocycles. The van der Waals surface area contributed by atoms with Gasteiger partial charge in [0.05, 0.1) is 18.7 Å². The van der Waals surface area contributed by atoms with E-state index in [-0.39, 0.29) is 18.8 Å². The number of hydrogen-bond donors (Lipinski definition) is 1. The molecule has 0 aromatic heterocycles. The van der Waals surface area contributed by atoms with Crippen LogP contribution in [0, 0.1) is 0 Å². The van der Waals surface area contributed by atoms with Gasteiger partial charge in [-0.05, 0) is 30.7 Å². The molecule has 0 aliphatic rings. The molecule has 0 aliphatic carbocycles. The average Bonchev–Trinajstić information content (AvgIpc) is 2.41. The highest BCUT2D eigenvalue weighted by atomic mass is 35.5. The van der Waals surface area contributed by atoms with E-state index in [0.717, 1.165) is 12.1 Å². The molecule has 0 unspecified atom stereocenters. The first kappa shape index (κ1) is 17.9. The standard InChI is InChI=1S/C14H19ClF3NO2/c1-3-19-9-10-7-11(15)13(12(8-10)20-2)21-6-4-5-14(16,17)18/h7-8,19H,3-6,9H2,1-2H3. The van der Waals surface area contributed by atoms with Crippen molar-refractivity contribution in [1.29, 1.82) is 0 Å². The molecule has 3 nitrogen and oxygen atoms in total. The van der Waals surface area contributed by atoms with E-state index in [4.69, 9.17) is 21.1 Å². The number of alkyl halides is 3. The fourth-order valence-corrected chi connectivity index (χ4v) is 2.02. The third-order valence-corrected chi connectivity index (χ3v) is 3.00. The fraction of sp³-hybridized carbons (Fsp3) is 0.571. The SMILES string of the molecule is CCNCc1cc(Cl)c(OCCCC(F)(F)F)c(OC)c1. The number of halogens is 4. The van der Waals surface area contributed by atoms with E-state index in [2.05, 4.69) is 5.32 Å². The van der Waals surface area contributed by atoms with Crippen LogP contribution in [0.2, 0.25) is 5.02 Å². The molecule has 1 aromatic rings. The second-order valence-electron chi connectivity index (χ2n) is 4.46. The van der Waals surface area contributed by atoms with E-state index in [9.17, 15) is 13.2 Å². The van der Waals surface area contributed by atoms with Gasteiger partial charge < -0.3 is 14.8 Å². The average molecular weight is 326 g/mol. The molecule has 1 rings (SSSR count). The first-order valence-corrected chi connectivity index (χ1v) is 7.02. The van der Waals surface area contributed by atoms with Gasteiger partial charge in [0.25, 0.3) is 0 Å². The van der Waals surface area contributed by atoms with E-state index in [1.54, 1.807) is 12.1 Å². The predicted molar refractivity (Wildman–Crippen MR) is 76.2 cm³/mol. The lowest BCUT2D eigenvalue weighted by molar-refractivity contribution is -0.136. The lowest BCUT2D eigenvalue weighted by Gasteiger charge is -2.14. The topological polar surface area (TPSA) is 30.5 Å². The van der Waals surface area contributed by atoms with E-state index in [1.807, 2.05) is 6.92 Å². The summed E-state index contributed by atoms with van der Waals surface area (Å²) < 4.78 is 46.7. The Labute approximate surface area is 127 Å². The van der Waals surface area contributed by atoms with Crippen molar-refractivity contribution in [3.63, 3.8) is 0 Å². The van der Waals surface area contributed by atoms with Gasteiger partial charge in [-0.25, -0.2) is 0 Å². The summed E-state index contributed by atoms with van der Waals surface area (Å²) in [7, 11) is 1.46. The van der Waals surface area contributed by atoms with Gasteiger partial charge in [0.1, 0.15) is 0 Å². The zero-order chi connectivity index (χ0) is 15.9. The Hall–Kier alpha value is -1.14. The molecule has 0 amide bonds. The summed E-state index contributed by atoms with van der Waals surface area (Å²) in [6, 6.07) is 3.47. The molecule has 0 atom stereocenters. The quantitative estimate of drug-likeness (QED) is 0.727. The molecule has 0 radical (unpaired) electrons. The first-order chi connectivity index (χ1) is 9.87. The van der Waals surface area contributed by atoms with Gasteiger partial charge >= 0.3 is 6.18 Å². The fourth-order valence-electron chi connectivity index (χ4n) is 1.73. The summed E-state index contributed by atoms with van der Waals surface area (Å²) in [6.45, 7) is 3.36. The van der Waals surface area contributed by atoms with E-state index in [0.29, 0.717) is 17.3 Å². The van der Waals surface area contributed by atoms with Crippen LogP contribution >= 0.6 is 11.6 Å². The van der Waals surface area contributed by atoms with Crippen molar-refractivity contribution in [2.75, 3.05) is 20.3 Å². The number of methoxy groups -OCH3 is 1. The summed E-state index contributed by atoms with van der Waals surface area (Å²) in [5, 5.41) is 3.48. The monoisotopic (exact) mass is 325 g/mol. The van der Waals surface area contributed by atoms with Crippen molar-refractivity contribution < 1.29 is 22.6 Å². The van der Waals surface area contributed by atoms with Crippen LogP contribution < -0.4 is 14.8 Å². The normalized spacial score (nSPS) is 11.5. The molecule has 0 heterocycles. The maximum absolute atomic E-state index is 12.1. The van der Waals surface area contributed by atoms with Crippen LogP contribution in [0.4, 0.5) is 13.2 Å². The molecule has 0 saturated heterocycles. The van der Waals surface area contributed by atoms with Crippen molar-refractivity contribution in [3.05, 3.63) is 22.7 Å². The number of nitrogens with one attached hydrogen (secondary N) is 1. The van der Waals surface area contributed by atoms with Gasteiger partial charge in [-0.15, -0.1) is 0 Å². The summed E-state index contributed by atoms with van der Waals surface area (Å²) in [6.07, 6.45) is -5.18. The highest BCUT2D eigenvalue weighted by molar-refractivity contribution is 6.32. The van der Waals surface area contributed by atoms with Crippen molar-refractivity contribution in [2.45, 2.75) is 32.5 Å². The molecule has 0 fully saturated rings. The van der Waals surface area contributed by atoms with E-state index >= 15 is 0 Å². The second kappa shape index (κ2) is 8.34. The Kier molecular flexibility index (Phi) is 7.11. The molecule has 1 N–H and O–H groups in total. The maximum atomic E-state index is 12.1. The molecule has 21 heavy (non-hydrogen) atoms. The third-order valence-electron chi connectivity index (χ3n) is 2.72. The smallest absolute Gasteiger partial charge is 0.389 e. The Morgan fingerprint density at radius 1 is 1.29 bits per heavy atom. The summed E-state index contributed by atoms with van der Waals surface area (Å²) >= 11 is 6.11. The zero-order valence-corrected chi connectivity index (χ0v) is 12.8. The first-order valence-electron chi connectivity index (χ1n) is 6.64. The van der Waals surface area contributed by atoms with Gasteiger partial charge in [0.15, 0.2) is 11.5 Å². The van der Waals surface area contributed by atoms with Crippen molar-refractivity contribution in [3.8, 4) is 11.5 Å². The van der Waals surface area contributed by atoms with Crippen LogP contribution in [0.5, 0.6) is 11.5 Å². The minimum Gasteiger partial charge on any atom is -0.493 e. The van der Waals surface area contributed by atoms with E-state index < -0.39 is 12.6 Å². The molecule has 0 spiro atoms. The number of rotatable bonds is 8. The summed E-state index contributed by atoms with van der Waals surface area (Å²) in [4.78, 5) is 0. The van der Waals surface area contributed by atoms with Crippen LogP contribution in [0.15, 0.2) is 12.1 Å². The summed E-state index contributed by atoms with van der Waals surface area (Å²) in [5.74, 6) is 0.698. The molecule has 0 aliphatic heterocycles. The number of hydrogen-bond acceptors (Lipinski definition) is 3. The molecule has 1 aromatic carbocycles. The van der Waals surface area contributed by atoms with Crippen LogP contribution in [-0.4, -0.2) is 26.4 Å². The number of benzene rings is 1. The van der Waals surface area contributed by atoms with Crippen molar-refractivity contribution in [2.24, 2.45) is 0 Å². The molecule has 7 heteroatoms. The third kappa shape index (κ3) is 6.44. The van der Waals surface area contributed by atoms with E-state index in [1.165, 1.54) is 7.11 Å². The molecule has 0 bridgehead atoms. The predicted octanol–water partition coefficient (Wildman–Crippen LogP) is 4.18. The van der Waals surface area contributed by atoms with Gasteiger partial charge in [-0.3, -0.25) is 0 Å². The van der Waals surface area contributed by atoms with Gasteiger partial charge in [0, 0.05) is 13.0 Å². The Balaban J connectivity index is 2.68. The Morgan fingerprint density at radius 3 is 2.57 bits per heavy atom. The molecular formula is C14H19ClF3NO2. The van der Waals surface area contributed by atoms with Crippen LogP contribution in [-0.2, 0) is 6.54 Å². The van der Waals surface area contributed by atoms with Crippen molar-refractivity contribution >= 4 is 11.6 Å². The van der Waals surface area contributed by atoms with Crippen molar-refractivity contribution in [1.82, 2.24) is 5.32 Å². The molecular weight excluding hydrogens is 307 g/mol. The zero-order valence-electron chi connectivity index (χ0n) is 12.0. The minimum atomic E-state index is -4.17. The Bertz CT molecular complexity index is 453. The van der Waals surface area contributed by atoms with Gasteiger partial charge in [-0.2, -0.15) is 13.2 Å². The lowest BCUT2D eigenvalue weighted by atomic mass is 10.2. The second-order valence-corrected chi connectivity index (χ2v) is 4.86.